The zero-order chi connectivity index (χ0) is 23.5. The van der Waals surface area contributed by atoms with Crippen LogP contribution in [0.1, 0.15) is 48.1 Å². The zero-order valence-electron chi connectivity index (χ0n) is 19.5. The van der Waals surface area contributed by atoms with Crippen LogP contribution in [0.4, 0.5) is 0 Å². The summed E-state index contributed by atoms with van der Waals surface area (Å²) in [4.78, 5) is 30.0. The summed E-state index contributed by atoms with van der Waals surface area (Å²) in [6.07, 6.45) is 2.44. The van der Waals surface area contributed by atoms with Crippen molar-refractivity contribution in [3.05, 3.63) is 52.2 Å². The summed E-state index contributed by atoms with van der Waals surface area (Å²) < 4.78 is 7.85. The van der Waals surface area contributed by atoms with E-state index >= 15 is 0 Å². The van der Waals surface area contributed by atoms with Gasteiger partial charge in [-0.3, -0.25) is 14.2 Å². The molecule has 0 saturated heterocycles. The molecule has 2 amide bonds. The Morgan fingerprint density at radius 1 is 1.21 bits per heavy atom. The molecule has 0 aliphatic carbocycles. The molecule has 1 aromatic carbocycles. The number of ether oxygens (including phenoxy) is 1. The first-order valence-electron chi connectivity index (χ1n) is 11.3. The predicted molar refractivity (Wildman–Crippen MR) is 130 cm³/mol. The Hall–Kier alpha value is -3.13. The summed E-state index contributed by atoms with van der Waals surface area (Å²) in [5.41, 5.74) is 4.79. The van der Waals surface area contributed by atoms with Gasteiger partial charge in [-0.1, -0.05) is 19.9 Å². The number of carbonyl (C=O) groups is 2. The van der Waals surface area contributed by atoms with Crippen LogP contribution in [0.25, 0.3) is 16.4 Å². The Morgan fingerprint density at radius 3 is 2.67 bits per heavy atom. The van der Waals surface area contributed by atoms with Gasteiger partial charge in [0.2, 0.25) is 5.91 Å². The SMILES string of the molecule is COc1cc2c(cc1CC(C)C)-n1c(-c3cccs3)nc(C(=O)NCCNC(C)=O)c1CC2. The summed E-state index contributed by atoms with van der Waals surface area (Å²) in [6, 6.07) is 8.37. The molecular weight excluding hydrogens is 436 g/mol. The molecule has 0 radical (unpaired) electrons. The topological polar surface area (TPSA) is 85.2 Å². The molecule has 174 valence electrons. The Morgan fingerprint density at radius 2 is 2.00 bits per heavy atom. The molecule has 0 atom stereocenters. The van der Waals surface area contributed by atoms with Gasteiger partial charge in [0, 0.05) is 20.0 Å². The Balaban J connectivity index is 1.78. The van der Waals surface area contributed by atoms with Gasteiger partial charge in [0.15, 0.2) is 5.82 Å². The molecule has 8 heteroatoms. The normalized spacial score (nSPS) is 12.3. The number of benzene rings is 1. The van der Waals surface area contributed by atoms with Gasteiger partial charge in [0.05, 0.1) is 23.4 Å². The smallest absolute Gasteiger partial charge is 0.271 e. The second-order valence-electron chi connectivity index (χ2n) is 8.67. The highest BCUT2D eigenvalue weighted by Crippen LogP contribution is 2.38. The predicted octanol–water partition coefficient (Wildman–Crippen LogP) is 3.77. The lowest BCUT2D eigenvalue weighted by atomic mass is 9.94. The number of rotatable bonds is 8. The van der Waals surface area contributed by atoms with E-state index in [2.05, 4.69) is 41.2 Å². The molecule has 3 heterocycles. The summed E-state index contributed by atoms with van der Waals surface area (Å²) in [7, 11) is 1.72. The second kappa shape index (κ2) is 9.79. The van der Waals surface area contributed by atoms with Crippen molar-refractivity contribution >= 4 is 23.2 Å². The van der Waals surface area contributed by atoms with Crippen LogP contribution >= 0.6 is 11.3 Å². The van der Waals surface area contributed by atoms with E-state index in [0.717, 1.165) is 46.2 Å². The molecule has 7 nitrogen and oxygen atoms in total. The standard InChI is InChI=1S/C25H30N4O3S/c1-15(2)12-18-13-20-17(14-21(18)32-4)7-8-19-23(25(31)27-10-9-26-16(3)30)28-24(29(19)20)22-6-5-11-33-22/h5-6,11,13-15H,7-10,12H2,1-4H3,(H,26,30)(H,27,31). The number of hydrogen-bond acceptors (Lipinski definition) is 5. The molecule has 2 aromatic heterocycles. The minimum absolute atomic E-state index is 0.118. The molecule has 33 heavy (non-hydrogen) atoms. The van der Waals surface area contributed by atoms with E-state index in [1.807, 2.05) is 17.5 Å². The number of nitrogens with zero attached hydrogens (tertiary/aromatic N) is 2. The van der Waals surface area contributed by atoms with Crippen LogP contribution in [0.5, 0.6) is 5.75 Å². The zero-order valence-corrected chi connectivity index (χ0v) is 20.3. The van der Waals surface area contributed by atoms with Gasteiger partial charge in [0.25, 0.3) is 5.91 Å². The monoisotopic (exact) mass is 466 g/mol. The van der Waals surface area contributed by atoms with Crippen LogP contribution < -0.4 is 15.4 Å². The fourth-order valence-electron chi connectivity index (χ4n) is 4.30. The molecular formula is C25H30N4O3S. The number of carbonyl (C=O) groups excluding carboxylic acids is 2. The summed E-state index contributed by atoms with van der Waals surface area (Å²) in [6.45, 7) is 6.59. The highest BCUT2D eigenvalue weighted by molar-refractivity contribution is 7.13. The quantitative estimate of drug-likeness (QED) is 0.495. The van der Waals surface area contributed by atoms with Crippen LogP contribution in [-0.4, -0.2) is 41.6 Å². The molecule has 0 spiro atoms. The van der Waals surface area contributed by atoms with Crippen molar-refractivity contribution in [3.8, 4) is 22.1 Å². The minimum atomic E-state index is -0.216. The molecule has 0 saturated carbocycles. The lowest BCUT2D eigenvalue weighted by Gasteiger charge is -2.24. The van der Waals surface area contributed by atoms with Gasteiger partial charge < -0.3 is 15.4 Å². The summed E-state index contributed by atoms with van der Waals surface area (Å²) in [5.74, 6) is 1.86. The molecule has 0 unspecified atom stereocenters. The maximum Gasteiger partial charge on any atom is 0.271 e. The third-order valence-corrected chi connectivity index (χ3v) is 6.56. The molecule has 0 fully saturated rings. The van der Waals surface area contributed by atoms with Crippen molar-refractivity contribution in [3.63, 3.8) is 0 Å². The number of methoxy groups -OCH3 is 1. The van der Waals surface area contributed by atoms with E-state index in [0.29, 0.717) is 31.1 Å². The molecule has 4 rings (SSSR count). The Bertz CT molecular complexity index is 1170. The Kier molecular flexibility index (Phi) is 6.83. The van der Waals surface area contributed by atoms with Crippen LogP contribution in [0.15, 0.2) is 29.6 Å². The Labute approximate surface area is 198 Å². The number of aryl methyl sites for hydroxylation is 1. The van der Waals surface area contributed by atoms with E-state index < -0.39 is 0 Å². The fourth-order valence-corrected chi connectivity index (χ4v) is 5.00. The van der Waals surface area contributed by atoms with Crippen molar-refractivity contribution in [2.45, 2.75) is 40.0 Å². The van der Waals surface area contributed by atoms with Crippen LogP contribution in [0, 0.1) is 5.92 Å². The van der Waals surface area contributed by atoms with Crippen molar-refractivity contribution in [1.29, 1.82) is 0 Å². The van der Waals surface area contributed by atoms with E-state index in [-0.39, 0.29) is 11.8 Å². The number of fused-ring (bicyclic) bond motifs is 3. The average Bonchev–Trinajstić information content (AvgIpc) is 3.43. The third-order valence-electron chi connectivity index (χ3n) is 5.70. The van der Waals surface area contributed by atoms with Crippen molar-refractivity contribution in [2.24, 2.45) is 5.92 Å². The van der Waals surface area contributed by atoms with Crippen molar-refractivity contribution < 1.29 is 14.3 Å². The maximum absolute atomic E-state index is 13.1. The van der Waals surface area contributed by atoms with Gasteiger partial charge in [0.1, 0.15) is 11.4 Å². The lowest BCUT2D eigenvalue weighted by Crippen LogP contribution is -2.34. The highest BCUT2D eigenvalue weighted by atomic mass is 32.1. The molecule has 1 aliphatic rings. The van der Waals surface area contributed by atoms with Crippen molar-refractivity contribution in [2.75, 3.05) is 20.2 Å². The van der Waals surface area contributed by atoms with E-state index in [1.165, 1.54) is 12.5 Å². The average molecular weight is 467 g/mol. The summed E-state index contributed by atoms with van der Waals surface area (Å²) in [5, 5.41) is 7.61. The fraction of sp³-hybridized carbons (Fsp3) is 0.400. The van der Waals surface area contributed by atoms with Crippen LogP contribution in [0.2, 0.25) is 0 Å². The molecule has 3 aromatic rings. The number of aromatic nitrogens is 2. The van der Waals surface area contributed by atoms with Gasteiger partial charge >= 0.3 is 0 Å². The first-order valence-corrected chi connectivity index (χ1v) is 12.1. The lowest BCUT2D eigenvalue weighted by molar-refractivity contribution is -0.118. The largest absolute Gasteiger partial charge is 0.496 e. The number of amides is 2. The van der Waals surface area contributed by atoms with Crippen LogP contribution in [0.3, 0.4) is 0 Å². The number of imidazole rings is 1. The third kappa shape index (κ3) is 4.80. The van der Waals surface area contributed by atoms with E-state index in [9.17, 15) is 9.59 Å². The van der Waals surface area contributed by atoms with Crippen LogP contribution in [-0.2, 0) is 24.1 Å². The first-order chi connectivity index (χ1) is 15.9. The maximum atomic E-state index is 13.1. The van der Waals surface area contributed by atoms with Gasteiger partial charge in [-0.25, -0.2) is 4.98 Å². The molecule has 2 N–H and O–H groups in total. The molecule has 1 aliphatic heterocycles. The van der Waals surface area contributed by atoms with Gasteiger partial charge in [-0.05, 0) is 59.9 Å². The number of thiophene rings is 1. The highest BCUT2D eigenvalue weighted by Gasteiger charge is 2.29. The van der Waals surface area contributed by atoms with Gasteiger partial charge in [-0.2, -0.15) is 0 Å². The number of hydrogen-bond donors (Lipinski definition) is 2. The second-order valence-corrected chi connectivity index (χ2v) is 9.62. The van der Waals surface area contributed by atoms with Gasteiger partial charge in [-0.15, -0.1) is 11.3 Å². The summed E-state index contributed by atoms with van der Waals surface area (Å²) >= 11 is 1.61. The minimum Gasteiger partial charge on any atom is -0.496 e. The van der Waals surface area contributed by atoms with Crippen molar-refractivity contribution in [1.82, 2.24) is 20.2 Å². The van der Waals surface area contributed by atoms with E-state index in [1.54, 1.807) is 18.4 Å². The first kappa shape index (κ1) is 23.0. The number of nitrogens with one attached hydrogen (secondary N) is 2. The molecule has 0 bridgehead atoms. The van der Waals surface area contributed by atoms with E-state index in [4.69, 9.17) is 9.72 Å².